The summed E-state index contributed by atoms with van der Waals surface area (Å²) in [6.45, 7) is 15.5. The van der Waals surface area contributed by atoms with Crippen LogP contribution in [-0.2, 0) is 26.3 Å². The minimum absolute atomic E-state index is 0.555. The van der Waals surface area contributed by atoms with Crippen molar-refractivity contribution in [3.63, 3.8) is 0 Å². The Morgan fingerprint density at radius 3 is 1.25 bits per heavy atom. The van der Waals surface area contributed by atoms with E-state index in [0.717, 1.165) is 47.6 Å². The summed E-state index contributed by atoms with van der Waals surface area (Å²) in [5.74, 6) is 3.38. The van der Waals surface area contributed by atoms with E-state index in [9.17, 15) is 0 Å². The van der Waals surface area contributed by atoms with Crippen molar-refractivity contribution < 1.29 is 9.47 Å². The number of likely N-dealkylation sites (tertiary alicyclic amines) is 2. The normalized spacial score (nSPS) is 16.4. The third-order valence-corrected chi connectivity index (χ3v) is 9.99. The molecule has 0 atom stereocenters. The van der Waals surface area contributed by atoms with Crippen molar-refractivity contribution >= 4 is 11.4 Å². The lowest BCUT2D eigenvalue weighted by atomic mass is 9.78. The molecule has 4 aromatic rings. The topological polar surface area (TPSA) is 77.0 Å². The largest absolute Gasteiger partial charge is 0.489 e. The van der Waals surface area contributed by atoms with E-state index in [4.69, 9.17) is 20.9 Å². The Balaban J connectivity index is 0.901. The van der Waals surface area contributed by atoms with Gasteiger partial charge in [0.15, 0.2) is 0 Å². The van der Waals surface area contributed by atoms with Crippen molar-refractivity contribution in [3.8, 4) is 11.5 Å². The quantitative estimate of drug-likeness (QED) is 0.155. The maximum atomic E-state index is 6.03. The van der Waals surface area contributed by atoms with E-state index >= 15 is 0 Å². The van der Waals surface area contributed by atoms with Gasteiger partial charge < -0.3 is 20.9 Å². The van der Waals surface area contributed by atoms with Gasteiger partial charge in [0, 0.05) is 24.5 Å². The summed E-state index contributed by atoms with van der Waals surface area (Å²) in [4.78, 5) is 5.26. The molecule has 0 saturated carbocycles. The van der Waals surface area contributed by atoms with Crippen LogP contribution in [0.5, 0.6) is 11.5 Å². The van der Waals surface area contributed by atoms with Crippen molar-refractivity contribution in [2.75, 3.05) is 26.2 Å². The maximum absolute atomic E-state index is 6.03. The van der Waals surface area contributed by atoms with Gasteiger partial charge in [-0.25, -0.2) is 0 Å². The smallest absolute Gasteiger partial charge is 0.119 e. The molecule has 0 aromatic heterocycles. The molecule has 4 aromatic carbocycles. The van der Waals surface area contributed by atoms with Gasteiger partial charge in [0.2, 0.25) is 0 Å². The molecule has 48 heavy (non-hydrogen) atoms. The molecule has 0 aliphatic carbocycles. The van der Waals surface area contributed by atoms with Crippen LogP contribution in [0.4, 0.5) is 0 Å². The number of hydrogen-bond acceptors (Lipinski definition) is 6. The number of rotatable bonds is 13. The highest BCUT2D eigenvalue weighted by Gasteiger charge is 2.29. The predicted molar refractivity (Wildman–Crippen MR) is 197 cm³/mol. The van der Waals surface area contributed by atoms with E-state index in [1.165, 1.54) is 74.1 Å². The fourth-order valence-electron chi connectivity index (χ4n) is 7.18. The van der Waals surface area contributed by atoms with Crippen molar-refractivity contribution in [2.45, 2.75) is 52.0 Å². The van der Waals surface area contributed by atoms with Gasteiger partial charge >= 0.3 is 0 Å². The van der Waals surface area contributed by atoms with Crippen LogP contribution in [0.25, 0.3) is 11.4 Å². The fourth-order valence-corrected chi connectivity index (χ4v) is 7.18. The lowest BCUT2D eigenvalue weighted by Gasteiger charge is -2.40. The summed E-state index contributed by atoms with van der Waals surface area (Å²) in [5.41, 5.74) is 19.7. The molecule has 6 rings (SSSR count). The number of nitrogens with two attached hydrogens (primary N) is 2. The number of piperidine rings is 2. The maximum Gasteiger partial charge on any atom is 0.119 e. The van der Waals surface area contributed by atoms with Crippen LogP contribution < -0.4 is 20.9 Å². The van der Waals surface area contributed by atoms with Gasteiger partial charge in [-0.2, -0.15) is 0 Å². The first-order chi connectivity index (χ1) is 23.4. The van der Waals surface area contributed by atoms with E-state index in [2.05, 4.69) is 71.5 Å². The van der Waals surface area contributed by atoms with Gasteiger partial charge in [0.05, 0.1) is 0 Å². The highest BCUT2D eigenvalue weighted by Crippen LogP contribution is 2.33. The van der Waals surface area contributed by atoms with E-state index in [1.54, 1.807) is 0 Å². The molecule has 6 nitrogen and oxygen atoms in total. The van der Waals surface area contributed by atoms with Gasteiger partial charge in [0.25, 0.3) is 0 Å². The zero-order chi connectivity index (χ0) is 33.3. The Bertz CT molecular complexity index is 1530. The van der Waals surface area contributed by atoms with Crippen molar-refractivity contribution in [3.05, 3.63) is 144 Å². The molecule has 0 unspecified atom stereocenters. The predicted octanol–water partition coefficient (Wildman–Crippen LogP) is 7.83. The molecule has 250 valence electrons. The molecule has 2 aliphatic heterocycles. The first kappa shape index (κ1) is 33.4. The van der Waals surface area contributed by atoms with Gasteiger partial charge in [-0.3, -0.25) is 9.80 Å². The molecule has 0 bridgehead atoms. The summed E-state index contributed by atoms with van der Waals surface area (Å²) in [5, 5.41) is 0. The average molecular weight is 643 g/mol. The minimum atomic E-state index is 0.555. The molecule has 0 spiro atoms. The van der Waals surface area contributed by atoms with Gasteiger partial charge in [-0.05, 0) is 146 Å². The van der Waals surface area contributed by atoms with E-state index in [-0.39, 0.29) is 0 Å². The fraction of sp³-hybridized carbons (Fsp3) is 0.333. The molecule has 0 amide bonds. The van der Waals surface area contributed by atoms with E-state index < -0.39 is 0 Å². The summed E-state index contributed by atoms with van der Waals surface area (Å²) in [7, 11) is 0. The number of ether oxygens (including phenoxy) is 2. The lowest BCUT2D eigenvalue weighted by Crippen LogP contribution is -2.40. The number of benzene rings is 4. The van der Waals surface area contributed by atoms with Crippen LogP contribution in [0.3, 0.4) is 0 Å². The Morgan fingerprint density at radius 1 is 0.542 bits per heavy atom. The second-order valence-corrected chi connectivity index (χ2v) is 13.5. The zero-order valence-electron chi connectivity index (χ0n) is 28.2. The third-order valence-electron chi connectivity index (χ3n) is 9.99. The van der Waals surface area contributed by atoms with E-state index in [1.807, 2.05) is 48.5 Å². The Labute approximate surface area is 286 Å². The van der Waals surface area contributed by atoms with Crippen LogP contribution in [0.2, 0.25) is 0 Å². The molecule has 2 heterocycles. The molecular weight excluding hydrogens is 592 g/mol. The van der Waals surface area contributed by atoms with Crippen LogP contribution in [0.1, 0.15) is 59.1 Å². The van der Waals surface area contributed by atoms with Gasteiger partial charge in [-0.15, -0.1) is 0 Å². The van der Waals surface area contributed by atoms with Crippen LogP contribution >= 0.6 is 0 Å². The van der Waals surface area contributed by atoms with Crippen LogP contribution in [-0.4, -0.2) is 36.0 Å². The van der Waals surface area contributed by atoms with Gasteiger partial charge in [0.1, 0.15) is 24.7 Å². The Morgan fingerprint density at radius 2 is 0.896 bits per heavy atom. The second kappa shape index (κ2) is 16.1. The average Bonchev–Trinajstić information content (AvgIpc) is 3.11. The highest BCUT2D eigenvalue weighted by atomic mass is 16.5. The monoisotopic (exact) mass is 642 g/mol. The highest BCUT2D eigenvalue weighted by molar-refractivity contribution is 5.61. The summed E-state index contributed by atoms with van der Waals surface area (Å²) >= 11 is 0. The Kier molecular flexibility index (Phi) is 11.2. The summed E-state index contributed by atoms with van der Waals surface area (Å²) < 4.78 is 12.1. The van der Waals surface area contributed by atoms with Crippen LogP contribution in [0.15, 0.2) is 110 Å². The first-order valence-electron chi connectivity index (χ1n) is 17.3. The summed E-state index contributed by atoms with van der Waals surface area (Å²) in [6, 6.07) is 33.3. The number of nitrogens with zero attached hydrogens (tertiary/aromatic N) is 2. The first-order valence-corrected chi connectivity index (χ1v) is 17.3. The zero-order valence-corrected chi connectivity index (χ0v) is 28.2. The van der Waals surface area contributed by atoms with Gasteiger partial charge in [-0.1, -0.05) is 61.7 Å². The lowest BCUT2D eigenvalue weighted by molar-refractivity contribution is 0.0909. The van der Waals surface area contributed by atoms with Crippen molar-refractivity contribution in [1.29, 1.82) is 0 Å². The summed E-state index contributed by atoms with van der Waals surface area (Å²) in [6.07, 6.45) is 5.24. The van der Waals surface area contributed by atoms with E-state index in [0.29, 0.717) is 24.6 Å². The third kappa shape index (κ3) is 9.30. The van der Waals surface area contributed by atoms with Crippen LogP contribution in [0, 0.1) is 11.8 Å². The SMILES string of the molecule is C=C(N)c1ccc(OCc2cccc(CN3CCC(C4CCN(Cc5cccc(COc6ccc(C(=C)N)cc6)c5)CC4)CC3)c2)cc1. The molecule has 2 aliphatic rings. The molecule has 6 heteroatoms. The Hall–Kier alpha value is -4.52. The standard InChI is InChI=1S/C42H50N4O2/c1-31(43)37-9-13-41(14-10-37)47-29-35-7-3-5-33(25-35)27-45-21-17-39(18-22-45)40-19-23-46(24-20-40)28-34-6-4-8-36(26-34)30-48-42-15-11-38(12-16-42)32(2)44/h3-16,25-26,39-40H,1-2,17-24,27-30,43-44H2. The number of hydrogen-bond donors (Lipinski definition) is 2. The second-order valence-electron chi connectivity index (χ2n) is 13.5. The molecule has 2 fully saturated rings. The van der Waals surface area contributed by atoms with Crippen molar-refractivity contribution in [1.82, 2.24) is 9.80 Å². The molecule has 4 N–H and O–H groups in total. The van der Waals surface area contributed by atoms with Crippen molar-refractivity contribution in [2.24, 2.45) is 23.3 Å². The molecular formula is C42H50N4O2. The minimum Gasteiger partial charge on any atom is -0.489 e. The molecule has 0 radical (unpaired) electrons. The molecule has 2 saturated heterocycles.